The smallest absolute Gasteiger partial charge is 0.148 e. The summed E-state index contributed by atoms with van der Waals surface area (Å²) in [7, 11) is 0. The molecule has 2 rings (SSSR count). The summed E-state index contributed by atoms with van der Waals surface area (Å²) < 4.78 is 0. The van der Waals surface area contributed by atoms with Crippen LogP contribution < -0.4 is 5.32 Å². The van der Waals surface area contributed by atoms with E-state index in [4.69, 9.17) is 11.6 Å². The van der Waals surface area contributed by atoms with Gasteiger partial charge < -0.3 is 5.32 Å². The van der Waals surface area contributed by atoms with Crippen molar-refractivity contribution in [2.24, 2.45) is 0 Å². The summed E-state index contributed by atoms with van der Waals surface area (Å²) in [5.74, 6) is 0.701. The normalized spacial score (nSPS) is 12.1. The zero-order valence-corrected chi connectivity index (χ0v) is 11.1. The Balaban J connectivity index is 1.86. The molecule has 18 heavy (non-hydrogen) atoms. The van der Waals surface area contributed by atoms with Crippen molar-refractivity contribution >= 4 is 17.4 Å². The number of nitrogens with zero attached hydrogens (tertiary/aromatic N) is 2. The Morgan fingerprint density at radius 2 is 2.06 bits per heavy atom. The molecule has 0 aliphatic carbocycles. The molecule has 0 aliphatic heterocycles. The second kappa shape index (κ2) is 6.36. The number of hydrogen-bond acceptors (Lipinski definition) is 3. The van der Waals surface area contributed by atoms with Gasteiger partial charge in [-0.15, -0.1) is 0 Å². The highest BCUT2D eigenvalue weighted by atomic mass is 35.5. The fourth-order valence-corrected chi connectivity index (χ4v) is 1.91. The van der Waals surface area contributed by atoms with Crippen LogP contribution in [0.3, 0.4) is 0 Å². The standard InChI is InChI=1S/C14H16ClN3/c1-11(7-8-12-5-3-2-4-6-12)18-14-13(15)9-16-10-17-14/h2-6,9-11H,7-8H2,1H3,(H,16,17,18). The lowest BCUT2D eigenvalue weighted by atomic mass is 10.1. The first-order valence-electron chi connectivity index (χ1n) is 6.01. The topological polar surface area (TPSA) is 37.8 Å². The average Bonchev–Trinajstić information content (AvgIpc) is 2.40. The molecule has 1 aromatic heterocycles. The van der Waals surface area contributed by atoms with E-state index in [-0.39, 0.29) is 0 Å². The Morgan fingerprint density at radius 1 is 1.28 bits per heavy atom. The highest BCUT2D eigenvalue weighted by molar-refractivity contribution is 6.32. The third-order valence-corrected chi connectivity index (χ3v) is 3.04. The summed E-state index contributed by atoms with van der Waals surface area (Å²) in [5.41, 5.74) is 1.35. The molecular weight excluding hydrogens is 246 g/mol. The van der Waals surface area contributed by atoms with E-state index < -0.39 is 0 Å². The predicted octanol–water partition coefficient (Wildman–Crippen LogP) is 3.56. The van der Waals surface area contributed by atoms with Crippen molar-refractivity contribution in [2.45, 2.75) is 25.8 Å². The molecule has 0 saturated heterocycles. The second-order valence-electron chi connectivity index (χ2n) is 4.29. The molecule has 0 fully saturated rings. The van der Waals surface area contributed by atoms with Crippen molar-refractivity contribution in [3.63, 3.8) is 0 Å². The zero-order chi connectivity index (χ0) is 12.8. The number of anilines is 1. The molecule has 94 valence electrons. The first kappa shape index (κ1) is 12.8. The van der Waals surface area contributed by atoms with Crippen LogP contribution in [0.4, 0.5) is 5.82 Å². The monoisotopic (exact) mass is 261 g/mol. The number of benzene rings is 1. The highest BCUT2D eigenvalue weighted by Crippen LogP contribution is 2.18. The van der Waals surface area contributed by atoms with Gasteiger partial charge in [0.15, 0.2) is 0 Å². The Labute approximate surface area is 112 Å². The summed E-state index contributed by atoms with van der Waals surface area (Å²) in [6, 6.07) is 10.8. The van der Waals surface area contributed by atoms with Gasteiger partial charge >= 0.3 is 0 Å². The number of nitrogens with one attached hydrogen (secondary N) is 1. The van der Waals surface area contributed by atoms with Gasteiger partial charge in [-0.2, -0.15) is 0 Å². The Kier molecular flexibility index (Phi) is 4.53. The molecule has 0 saturated carbocycles. The summed E-state index contributed by atoms with van der Waals surface area (Å²) in [5, 5.41) is 3.86. The van der Waals surface area contributed by atoms with E-state index in [1.807, 2.05) is 6.07 Å². The van der Waals surface area contributed by atoms with E-state index in [1.165, 1.54) is 11.9 Å². The van der Waals surface area contributed by atoms with Gasteiger partial charge in [0.05, 0.1) is 6.20 Å². The van der Waals surface area contributed by atoms with Crippen LogP contribution in [-0.2, 0) is 6.42 Å². The van der Waals surface area contributed by atoms with Gasteiger partial charge in [-0.3, -0.25) is 0 Å². The fourth-order valence-electron chi connectivity index (χ4n) is 1.75. The van der Waals surface area contributed by atoms with Crippen LogP contribution in [0.15, 0.2) is 42.9 Å². The quantitative estimate of drug-likeness (QED) is 0.894. The maximum atomic E-state index is 6.00. The van der Waals surface area contributed by atoms with Crippen molar-refractivity contribution in [1.29, 1.82) is 0 Å². The van der Waals surface area contributed by atoms with Crippen LogP contribution in [0.25, 0.3) is 0 Å². The lowest BCUT2D eigenvalue weighted by molar-refractivity contribution is 0.702. The molecule has 3 nitrogen and oxygen atoms in total. The number of hydrogen-bond donors (Lipinski definition) is 1. The first-order valence-corrected chi connectivity index (χ1v) is 6.39. The van der Waals surface area contributed by atoms with E-state index in [9.17, 15) is 0 Å². The molecule has 4 heteroatoms. The minimum absolute atomic E-state index is 0.317. The SMILES string of the molecule is CC(CCc1ccccc1)Nc1ncncc1Cl. The van der Waals surface area contributed by atoms with Gasteiger partial charge in [-0.1, -0.05) is 41.9 Å². The van der Waals surface area contributed by atoms with Crippen LogP contribution in [-0.4, -0.2) is 16.0 Å². The highest BCUT2D eigenvalue weighted by Gasteiger charge is 2.06. The molecular formula is C14H16ClN3. The average molecular weight is 262 g/mol. The molecule has 0 radical (unpaired) electrons. The van der Waals surface area contributed by atoms with Crippen LogP contribution >= 0.6 is 11.6 Å². The molecule has 1 atom stereocenters. The fraction of sp³-hybridized carbons (Fsp3) is 0.286. The Hall–Kier alpha value is -1.61. The molecule has 1 N–H and O–H groups in total. The summed E-state index contributed by atoms with van der Waals surface area (Å²) >= 11 is 6.00. The van der Waals surface area contributed by atoms with Crippen molar-refractivity contribution in [2.75, 3.05) is 5.32 Å². The predicted molar refractivity (Wildman–Crippen MR) is 74.9 cm³/mol. The van der Waals surface area contributed by atoms with Crippen LogP contribution in [0.5, 0.6) is 0 Å². The van der Waals surface area contributed by atoms with Crippen molar-refractivity contribution < 1.29 is 0 Å². The summed E-state index contributed by atoms with van der Waals surface area (Å²) in [6.07, 6.45) is 5.17. The second-order valence-corrected chi connectivity index (χ2v) is 4.70. The van der Waals surface area contributed by atoms with E-state index in [2.05, 4.69) is 46.5 Å². The van der Waals surface area contributed by atoms with Gasteiger partial charge in [-0.25, -0.2) is 9.97 Å². The molecule has 1 unspecified atom stereocenters. The number of rotatable bonds is 5. The van der Waals surface area contributed by atoms with Crippen LogP contribution in [0.1, 0.15) is 18.9 Å². The maximum absolute atomic E-state index is 6.00. The molecule has 0 aliphatic rings. The minimum Gasteiger partial charge on any atom is -0.366 e. The maximum Gasteiger partial charge on any atom is 0.148 e. The van der Waals surface area contributed by atoms with Crippen LogP contribution in [0.2, 0.25) is 5.02 Å². The largest absolute Gasteiger partial charge is 0.366 e. The van der Waals surface area contributed by atoms with Gasteiger partial charge in [0, 0.05) is 6.04 Å². The number of aryl methyl sites for hydroxylation is 1. The molecule has 0 bridgehead atoms. The van der Waals surface area contributed by atoms with Gasteiger partial charge in [0.25, 0.3) is 0 Å². The van der Waals surface area contributed by atoms with E-state index in [0.29, 0.717) is 16.9 Å². The zero-order valence-electron chi connectivity index (χ0n) is 10.3. The van der Waals surface area contributed by atoms with Gasteiger partial charge in [0.2, 0.25) is 0 Å². The van der Waals surface area contributed by atoms with Gasteiger partial charge in [0.1, 0.15) is 17.2 Å². The first-order chi connectivity index (χ1) is 8.75. The van der Waals surface area contributed by atoms with E-state index in [0.717, 1.165) is 12.8 Å². The molecule has 1 aromatic carbocycles. The van der Waals surface area contributed by atoms with Crippen molar-refractivity contribution in [1.82, 2.24) is 9.97 Å². The van der Waals surface area contributed by atoms with E-state index >= 15 is 0 Å². The third kappa shape index (κ3) is 3.70. The van der Waals surface area contributed by atoms with Gasteiger partial charge in [-0.05, 0) is 25.3 Å². The summed E-state index contributed by atoms with van der Waals surface area (Å²) in [4.78, 5) is 7.98. The lowest BCUT2D eigenvalue weighted by Gasteiger charge is -2.14. The number of aromatic nitrogens is 2. The molecule has 0 spiro atoms. The lowest BCUT2D eigenvalue weighted by Crippen LogP contribution is -2.17. The molecule has 2 aromatic rings. The minimum atomic E-state index is 0.317. The Morgan fingerprint density at radius 3 is 2.78 bits per heavy atom. The van der Waals surface area contributed by atoms with Crippen LogP contribution in [0, 0.1) is 0 Å². The van der Waals surface area contributed by atoms with E-state index in [1.54, 1.807) is 6.20 Å². The number of halogens is 1. The van der Waals surface area contributed by atoms with Crippen molar-refractivity contribution in [3.8, 4) is 0 Å². The van der Waals surface area contributed by atoms with Crippen molar-refractivity contribution in [3.05, 3.63) is 53.4 Å². The Bertz CT molecular complexity index is 487. The summed E-state index contributed by atoms with van der Waals surface area (Å²) in [6.45, 7) is 2.13. The molecule has 1 heterocycles. The molecule has 0 amide bonds. The third-order valence-electron chi connectivity index (χ3n) is 2.76.